The summed E-state index contributed by atoms with van der Waals surface area (Å²) >= 11 is 6.99. The van der Waals surface area contributed by atoms with Gasteiger partial charge in [-0.3, -0.25) is 4.79 Å². The minimum absolute atomic E-state index is 0.179. The molecule has 0 atom stereocenters. The lowest BCUT2D eigenvalue weighted by Crippen LogP contribution is -2.22. The topological polar surface area (TPSA) is 65.7 Å². The van der Waals surface area contributed by atoms with Gasteiger partial charge in [0.2, 0.25) is 0 Å². The predicted octanol–water partition coefficient (Wildman–Crippen LogP) is 7.26. The second kappa shape index (κ2) is 12.5. The van der Waals surface area contributed by atoms with Crippen molar-refractivity contribution in [1.29, 1.82) is 0 Å². The summed E-state index contributed by atoms with van der Waals surface area (Å²) in [6.45, 7) is 4.57. The Bertz CT molecular complexity index is 1500. The lowest BCUT2D eigenvalue weighted by Gasteiger charge is -2.15. The van der Waals surface area contributed by atoms with Crippen LogP contribution in [0.15, 0.2) is 73.4 Å². The van der Waals surface area contributed by atoms with E-state index in [0.717, 1.165) is 17.3 Å². The van der Waals surface area contributed by atoms with Crippen molar-refractivity contribution in [3.05, 3.63) is 96.7 Å². The first-order valence-corrected chi connectivity index (χ1v) is 13.6. The van der Waals surface area contributed by atoms with Gasteiger partial charge in [0.15, 0.2) is 11.5 Å². The van der Waals surface area contributed by atoms with Crippen molar-refractivity contribution in [2.45, 2.75) is 39.7 Å². The zero-order chi connectivity index (χ0) is 26.4. The number of aryl methyl sites for hydroxylation is 1. The molecule has 4 aromatic rings. The van der Waals surface area contributed by atoms with Crippen LogP contribution in [0.3, 0.4) is 0 Å². The largest absolute Gasteiger partial charge is 0.490 e. The number of hydrogen-bond donors (Lipinski definition) is 0. The summed E-state index contributed by atoms with van der Waals surface area (Å²) in [7, 11) is 0. The van der Waals surface area contributed by atoms with Crippen molar-refractivity contribution in [3.8, 4) is 11.5 Å². The first kappa shape index (κ1) is 27.0. The van der Waals surface area contributed by atoms with Gasteiger partial charge in [-0.2, -0.15) is 9.78 Å². The van der Waals surface area contributed by atoms with E-state index in [1.54, 1.807) is 30.5 Å². The molecular formula is C28H26Br2FN3O3. The second-order valence-electron chi connectivity index (χ2n) is 8.34. The third kappa shape index (κ3) is 6.64. The Morgan fingerprint density at radius 3 is 2.68 bits per heavy atom. The van der Waals surface area contributed by atoms with Gasteiger partial charge in [-0.25, -0.2) is 9.37 Å². The molecule has 3 aromatic carbocycles. The second-order valence-corrected chi connectivity index (χ2v) is 10.1. The monoisotopic (exact) mass is 629 g/mol. The fourth-order valence-corrected chi connectivity index (χ4v) is 4.72. The van der Waals surface area contributed by atoms with Gasteiger partial charge < -0.3 is 9.47 Å². The van der Waals surface area contributed by atoms with Crippen molar-refractivity contribution in [2.24, 2.45) is 5.10 Å². The van der Waals surface area contributed by atoms with Crippen LogP contribution in [-0.4, -0.2) is 22.5 Å². The Balaban J connectivity index is 1.69. The molecule has 0 aliphatic heterocycles. The van der Waals surface area contributed by atoms with E-state index in [1.165, 1.54) is 16.8 Å². The minimum atomic E-state index is -0.319. The van der Waals surface area contributed by atoms with Gasteiger partial charge in [0.25, 0.3) is 5.56 Å². The Hall–Kier alpha value is -3.04. The lowest BCUT2D eigenvalue weighted by atomic mass is 10.2. The van der Waals surface area contributed by atoms with Gasteiger partial charge in [-0.05, 0) is 82.9 Å². The molecule has 0 spiro atoms. The summed E-state index contributed by atoms with van der Waals surface area (Å²) in [5, 5.41) is 5.02. The van der Waals surface area contributed by atoms with E-state index in [1.807, 2.05) is 25.1 Å². The van der Waals surface area contributed by atoms with Gasteiger partial charge in [0.05, 0.1) is 28.2 Å². The number of hydrogen-bond acceptors (Lipinski definition) is 5. The number of unbranched alkanes of at least 4 members (excludes halogenated alkanes) is 1. The molecule has 0 fully saturated rings. The van der Waals surface area contributed by atoms with Crippen LogP contribution < -0.4 is 15.0 Å². The van der Waals surface area contributed by atoms with E-state index in [-0.39, 0.29) is 18.0 Å². The highest BCUT2D eigenvalue weighted by Crippen LogP contribution is 2.37. The fourth-order valence-electron chi connectivity index (χ4n) is 3.78. The number of aromatic nitrogens is 2. The summed E-state index contributed by atoms with van der Waals surface area (Å²) in [4.78, 5) is 18.0. The van der Waals surface area contributed by atoms with E-state index in [4.69, 9.17) is 14.5 Å². The van der Waals surface area contributed by atoms with Gasteiger partial charge in [0, 0.05) is 10.9 Å². The third-order valence-corrected chi connectivity index (χ3v) is 6.64. The van der Waals surface area contributed by atoms with Crippen LogP contribution in [-0.2, 0) is 13.0 Å². The molecule has 0 bridgehead atoms. The molecule has 0 saturated carbocycles. The average Bonchev–Trinajstić information content (AvgIpc) is 2.87. The van der Waals surface area contributed by atoms with Crippen molar-refractivity contribution < 1.29 is 13.9 Å². The van der Waals surface area contributed by atoms with Crippen LogP contribution in [0.5, 0.6) is 11.5 Å². The number of fused-ring (bicyclic) bond motifs is 1. The molecule has 0 aliphatic rings. The van der Waals surface area contributed by atoms with Crippen LogP contribution in [0.2, 0.25) is 0 Å². The molecule has 9 heteroatoms. The predicted molar refractivity (Wildman–Crippen MR) is 151 cm³/mol. The molecule has 0 saturated heterocycles. The number of nitrogens with zero attached hydrogens (tertiary/aromatic N) is 3. The van der Waals surface area contributed by atoms with Crippen molar-refractivity contribution in [1.82, 2.24) is 9.66 Å². The van der Waals surface area contributed by atoms with Crippen LogP contribution in [0, 0.1) is 5.82 Å². The highest BCUT2D eigenvalue weighted by atomic mass is 79.9. The normalized spacial score (nSPS) is 11.4. The number of rotatable bonds is 10. The van der Waals surface area contributed by atoms with Gasteiger partial charge in [-0.1, -0.05) is 41.4 Å². The van der Waals surface area contributed by atoms with Crippen LogP contribution >= 0.6 is 31.9 Å². The summed E-state index contributed by atoms with van der Waals surface area (Å²) in [6.07, 6.45) is 4.10. The Morgan fingerprint density at radius 2 is 1.92 bits per heavy atom. The lowest BCUT2D eigenvalue weighted by molar-refractivity contribution is 0.267. The fraction of sp³-hybridized carbons (Fsp3) is 0.250. The molecule has 37 heavy (non-hydrogen) atoms. The molecule has 0 radical (unpaired) electrons. The van der Waals surface area contributed by atoms with E-state index in [2.05, 4.69) is 43.9 Å². The van der Waals surface area contributed by atoms with Gasteiger partial charge in [-0.15, -0.1) is 0 Å². The molecule has 1 aromatic heterocycles. The highest BCUT2D eigenvalue weighted by molar-refractivity contribution is 9.10. The van der Waals surface area contributed by atoms with Crippen LogP contribution in [0.1, 0.15) is 43.6 Å². The quantitative estimate of drug-likeness (QED) is 0.173. The average molecular weight is 631 g/mol. The van der Waals surface area contributed by atoms with E-state index >= 15 is 0 Å². The summed E-state index contributed by atoms with van der Waals surface area (Å²) in [5.74, 6) is 1.30. The molecular weight excluding hydrogens is 605 g/mol. The highest BCUT2D eigenvalue weighted by Gasteiger charge is 2.14. The molecule has 6 nitrogen and oxygen atoms in total. The van der Waals surface area contributed by atoms with E-state index in [9.17, 15) is 9.18 Å². The third-order valence-electron chi connectivity index (χ3n) is 5.56. The SMILES string of the molecule is CCCCc1nc2ccc(Br)cc2c(=O)n1N=Cc1cc(Br)c(OCc2cccc(F)c2)c(OCC)c1. The Kier molecular flexibility index (Phi) is 9.10. The Labute approximate surface area is 231 Å². The number of halogens is 3. The molecule has 0 unspecified atom stereocenters. The maximum Gasteiger partial charge on any atom is 0.282 e. The molecule has 0 N–H and O–H groups in total. The minimum Gasteiger partial charge on any atom is -0.490 e. The Morgan fingerprint density at radius 1 is 1.08 bits per heavy atom. The number of benzene rings is 3. The molecule has 1 heterocycles. The maximum atomic E-state index is 13.5. The van der Waals surface area contributed by atoms with Crippen molar-refractivity contribution in [3.63, 3.8) is 0 Å². The van der Waals surface area contributed by atoms with E-state index < -0.39 is 0 Å². The molecule has 4 rings (SSSR count). The zero-order valence-corrected chi connectivity index (χ0v) is 23.7. The standard InChI is InChI=1S/C28H26Br2FN3O3/c1-3-5-9-26-33-24-11-10-20(29)15-22(24)28(35)34(26)32-16-19-13-23(30)27(25(14-19)36-4-2)37-17-18-7-6-8-21(31)12-18/h6-8,10-16H,3-5,9,17H2,1-2H3. The maximum absolute atomic E-state index is 13.5. The molecule has 0 amide bonds. The summed E-state index contributed by atoms with van der Waals surface area (Å²) in [5.41, 5.74) is 1.82. The van der Waals surface area contributed by atoms with E-state index in [0.29, 0.717) is 56.9 Å². The zero-order valence-electron chi connectivity index (χ0n) is 20.5. The smallest absolute Gasteiger partial charge is 0.282 e. The van der Waals surface area contributed by atoms with Crippen molar-refractivity contribution >= 4 is 49.0 Å². The first-order valence-electron chi connectivity index (χ1n) is 12.0. The first-order chi connectivity index (χ1) is 17.9. The number of ether oxygens (including phenoxy) is 2. The van der Waals surface area contributed by atoms with Gasteiger partial charge >= 0.3 is 0 Å². The summed E-state index contributed by atoms with van der Waals surface area (Å²) < 4.78 is 28.1. The van der Waals surface area contributed by atoms with Crippen LogP contribution in [0.25, 0.3) is 10.9 Å². The van der Waals surface area contributed by atoms with Gasteiger partial charge in [0.1, 0.15) is 18.2 Å². The summed E-state index contributed by atoms with van der Waals surface area (Å²) in [6, 6.07) is 15.3. The van der Waals surface area contributed by atoms with Crippen LogP contribution in [0.4, 0.5) is 4.39 Å². The molecule has 192 valence electrons. The molecule has 0 aliphatic carbocycles. The van der Waals surface area contributed by atoms with Crippen molar-refractivity contribution in [2.75, 3.05) is 6.61 Å².